The Balaban J connectivity index is 2.02. The molecule has 0 saturated heterocycles. The van der Waals surface area contributed by atoms with Gasteiger partial charge >= 0.3 is 0 Å². The van der Waals surface area contributed by atoms with E-state index < -0.39 is 0 Å². The maximum absolute atomic E-state index is 5.44. The zero-order chi connectivity index (χ0) is 13.0. The molecule has 3 heteroatoms. The van der Waals surface area contributed by atoms with Gasteiger partial charge in [0, 0.05) is 10.5 Å². The van der Waals surface area contributed by atoms with Crippen LogP contribution in [0.3, 0.4) is 0 Å². The van der Waals surface area contributed by atoms with E-state index in [1.54, 1.807) is 7.11 Å². The maximum Gasteiger partial charge on any atom is 0.122 e. The van der Waals surface area contributed by atoms with E-state index in [-0.39, 0.29) is 0 Å². The van der Waals surface area contributed by atoms with E-state index in [1.165, 1.54) is 31.2 Å². The third kappa shape index (κ3) is 3.48. The lowest BCUT2D eigenvalue weighted by Crippen LogP contribution is -2.32. The zero-order valence-corrected chi connectivity index (χ0v) is 12.8. The maximum atomic E-state index is 5.44. The molecule has 0 bridgehead atoms. The number of halogens is 1. The predicted octanol–water partition coefficient (Wildman–Crippen LogP) is 3.78. The summed E-state index contributed by atoms with van der Waals surface area (Å²) in [5.41, 5.74) is 1.28. The van der Waals surface area contributed by atoms with Gasteiger partial charge in [-0.2, -0.15) is 0 Å². The topological polar surface area (TPSA) is 21.3 Å². The molecule has 0 spiro atoms. The molecule has 1 aliphatic rings. The predicted molar refractivity (Wildman–Crippen MR) is 79.2 cm³/mol. The van der Waals surface area contributed by atoms with E-state index in [1.807, 2.05) is 12.1 Å². The number of hydrogen-bond donors (Lipinski definition) is 1. The van der Waals surface area contributed by atoms with Gasteiger partial charge in [0.15, 0.2) is 0 Å². The summed E-state index contributed by atoms with van der Waals surface area (Å²) in [6.07, 6.45) is 6.56. The number of ether oxygens (including phenoxy) is 1. The van der Waals surface area contributed by atoms with Gasteiger partial charge < -0.3 is 10.1 Å². The number of rotatable bonds is 6. The Morgan fingerprint density at radius 2 is 2.22 bits per heavy atom. The molecule has 0 amide bonds. The first kappa shape index (κ1) is 13.9. The largest absolute Gasteiger partial charge is 0.496 e. The van der Waals surface area contributed by atoms with Gasteiger partial charge in [-0.05, 0) is 49.6 Å². The van der Waals surface area contributed by atoms with E-state index in [0.717, 1.165) is 22.6 Å². The molecule has 18 heavy (non-hydrogen) atoms. The van der Waals surface area contributed by atoms with Crippen molar-refractivity contribution in [2.75, 3.05) is 14.2 Å². The lowest BCUT2D eigenvalue weighted by Gasteiger charge is -2.29. The van der Waals surface area contributed by atoms with E-state index >= 15 is 0 Å². The van der Waals surface area contributed by atoms with Crippen molar-refractivity contribution in [1.29, 1.82) is 0 Å². The number of nitrogens with one attached hydrogen (secondary N) is 1. The van der Waals surface area contributed by atoms with Gasteiger partial charge in [0.1, 0.15) is 5.75 Å². The molecule has 1 aromatic rings. The molecule has 0 aromatic heterocycles. The Kier molecular flexibility index (Phi) is 5.07. The van der Waals surface area contributed by atoms with Crippen molar-refractivity contribution in [3.8, 4) is 5.75 Å². The van der Waals surface area contributed by atoms with E-state index in [2.05, 4.69) is 34.4 Å². The summed E-state index contributed by atoms with van der Waals surface area (Å²) in [6.45, 7) is 0. The van der Waals surface area contributed by atoms with Crippen LogP contribution >= 0.6 is 15.9 Å². The molecule has 1 aromatic carbocycles. The molecule has 1 atom stereocenters. The summed E-state index contributed by atoms with van der Waals surface area (Å²) in [7, 11) is 3.81. The quantitative estimate of drug-likeness (QED) is 0.863. The highest BCUT2D eigenvalue weighted by atomic mass is 79.9. The first-order chi connectivity index (χ1) is 8.72. The summed E-state index contributed by atoms with van der Waals surface area (Å²) in [5, 5.41) is 3.45. The Morgan fingerprint density at radius 1 is 1.44 bits per heavy atom. The van der Waals surface area contributed by atoms with Gasteiger partial charge in [-0.15, -0.1) is 0 Å². The fraction of sp³-hybridized carbons (Fsp3) is 0.600. The third-order valence-electron chi connectivity index (χ3n) is 3.96. The highest BCUT2D eigenvalue weighted by Gasteiger charge is 2.22. The normalized spacial score (nSPS) is 17.3. The molecule has 0 aliphatic heterocycles. The van der Waals surface area contributed by atoms with Gasteiger partial charge in [-0.25, -0.2) is 0 Å². The molecule has 1 unspecified atom stereocenters. The van der Waals surface area contributed by atoms with Crippen LogP contribution in [0.2, 0.25) is 0 Å². The van der Waals surface area contributed by atoms with Crippen molar-refractivity contribution in [2.45, 2.75) is 38.1 Å². The molecule has 1 aliphatic carbocycles. The van der Waals surface area contributed by atoms with Crippen molar-refractivity contribution in [3.05, 3.63) is 28.2 Å². The highest BCUT2D eigenvalue weighted by molar-refractivity contribution is 9.10. The van der Waals surface area contributed by atoms with Crippen molar-refractivity contribution in [3.63, 3.8) is 0 Å². The monoisotopic (exact) mass is 311 g/mol. The van der Waals surface area contributed by atoms with Gasteiger partial charge in [0.2, 0.25) is 0 Å². The lowest BCUT2D eigenvalue weighted by atomic mass is 9.80. The summed E-state index contributed by atoms with van der Waals surface area (Å²) in [4.78, 5) is 0. The molecule has 2 nitrogen and oxygen atoms in total. The molecule has 1 fully saturated rings. The van der Waals surface area contributed by atoms with Crippen LogP contribution in [0.1, 0.15) is 31.2 Å². The number of likely N-dealkylation sites (N-methyl/N-ethyl adjacent to an activating group) is 1. The lowest BCUT2D eigenvalue weighted by molar-refractivity contribution is 0.262. The van der Waals surface area contributed by atoms with Crippen molar-refractivity contribution in [2.24, 2.45) is 5.92 Å². The first-order valence-electron chi connectivity index (χ1n) is 6.72. The summed E-state index contributed by atoms with van der Waals surface area (Å²) in [6, 6.07) is 6.79. The Hall–Kier alpha value is -0.540. The molecule has 1 N–H and O–H groups in total. The van der Waals surface area contributed by atoms with Gasteiger partial charge in [0.05, 0.1) is 7.11 Å². The average molecular weight is 312 g/mol. The number of hydrogen-bond acceptors (Lipinski definition) is 2. The van der Waals surface area contributed by atoms with E-state index in [0.29, 0.717) is 6.04 Å². The Morgan fingerprint density at radius 3 is 2.78 bits per heavy atom. The van der Waals surface area contributed by atoms with Crippen LogP contribution in [0.25, 0.3) is 0 Å². The van der Waals surface area contributed by atoms with Crippen LogP contribution in [0, 0.1) is 5.92 Å². The molecule has 2 rings (SSSR count). The average Bonchev–Trinajstić information content (AvgIpc) is 2.32. The molecule has 0 radical (unpaired) electrons. The minimum Gasteiger partial charge on any atom is -0.496 e. The van der Waals surface area contributed by atoms with Gasteiger partial charge in [-0.3, -0.25) is 0 Å². The van der Waals surface area contributed by atoms with Gasteiger partial charge in [0.25, 0.3) is 0 Å². The van der Waals surface area contributed by atoms with Gasteiger partial charge in [-0.1, -0.05) is 35.2 Å². The minimum atomic E-state index is 0.554. The Labute approximate surface area is 118 Å². The zero-order valence-electron chi connectivity index (χ0n) is 11.2. The standard InChI is InChI=1S/C15H22BrNO/c1-17-14(8-11-4-3-5-11)10-12-9-13(16)6-7-15(12)18-2/h6-7,9,11,14,17H,3-5,8,10H2,1-2H3. The van der Waals surface area contributed by atoms with Crippen LogP contribution in [0.5, 0.6) is 5.75 Å². The van der Waals surface area contributed by atoms with Crippen LogP contribution in [0.4, 0.5) is 0 Å². The minimum absolute atomic E-state index is 0.554. The number of benzene rings is 1. The fourth-order valence-corrected chi connectivity index (χ4v) is 3.01. The molecule has 100 valence electrons. The first-order valence-corrected chi connectivity index (χ1v) is 7.52. The van der Waals surface area contributed by atoms with E-state index in [4.69, 9.17) is 4.74 Å². The van der Waals surface area contributed by atoms with Crippen LogP contribution < -0.4 is 10.1 Å². The van der Waals surface area contributed by atoms with E-state index in [9.17, 15) is 0 Å². The second-order valence-corrected chi connectivity index (χ2v) is 6.09. The van der Waals surface area contributed by atoms with Crippen LogP contribution in [0.15, 0.2) is 22.7 Å². The van der Waals surface area contributed by atoms with Crippen molar-refractivity contribution >= 4 is 15.9 Å². The molecule has 1 saturated carbocycles. The molecule has 0 heterocycles. The SMILES string of the molecule is CNC(Cc1cc(Br)ccc1OC)CC1CCC1. The second kappa shape index (κ2) is 6.58. The smallest absolute Gasteiger partial charge is 0.122 e. The molecular weight excluding hydrogens is 290 g/mol. The van der Waals surface area contributed by atoms with Crippen LogP contribution in [-0.4, -0.2) is 20.2 Å². The third-order valence-corrected chi connectivity index (χ3v) is 4.45. The van der Waals surface area contributed by atoms with Crippen LogP contribution in [-0.2, 0) is 6.42 Å². The second-order valence-electron chi connectivity index (χ2n) is 5.18. The summed E-state index contributed by atoms with van der Waals surface area (Å²) >= 11 is 3.54. The van der Waals surface area contributed by atoms with Crippen molar-refractivity contribution in [1.82, 2.24) is 5.32 Å². The van der Waals surface area contributed by atoms with Crippen molar-refractivity contribution < 1.29 is 4.74 Å². The fourth-order valence-electron chi connectivity index (χ4n) is 2.61. The summed E-state index contributed by atoms with van der Waals surface area (Å²) in [5.74, 6) is 1.92. The Bertz CT molecular complexity index is 390. The highest BCUT2D eigenvalue weighted by Crippen LogP contribution is 2.32. The number of methoxy groups -OCH3 is 1. The molecular formula is C15H22BrNO. The summed E-state index contributed by atoms with van der Waals surface area (Å²) < 4.78 is 6.56.